The van der Waals surface area contributed by atoms with Crippen LogP contribution >= 0.6 is 11.8 Å². The van der Waals surface area contributed by atoms with E-state index in [-0.39, 0.29) is 11.6 Å². The molecule has 94 valence electrons. The van der Waals surface area contributed by atoms with Crippen molar-refractivity contribution in [2.24, 2.45) is 0 Å². The number of Topliss-reactive ketones (excluding diaryl/α,β-unsaturated/α-hetero) is 1. The van der Waals surface area contributed by atoms with Crippen molar-refractivity contribution in [3.63, 3.8) is 0 Å². The summed E-state index contributed by atoms with van der Waals surface area (Å²) in [5.41, 5.74) is 0.983. The highest BCUT2D eigenvalue weighted by Gasteiger charge is 2.26. The maximum absolute atomic E-state index is 13.1. The van der Waals surface area contributed by atoms with Crippen molar-refractivity contribution in [1.29, 1.82) is 0 Å². The summed E-state index contributed by atoms with van der Waals surface area (Å²) in [5, 5.41) is 0. The van der Waals surface area contributed by atoms with Crippen LogP contribution in [0.5, 0.6) is 0 Å². The topological polar surface area (TPSA) is 17.1 Å². The van der Waals surface area contributed by atoms with Crippen molar-refractivity contribution in [1.82, 2.24) is 0 Å². The lowest BCUT2D eigenvalue weighted by atomic mass is 10.1. The van der Waals surface area contributed by atoms with Crippen LogP contribution in [-0.2, 0) is 0 Å². The van der Waals surface area contributed by atoms with Gasteiger partial charge in [-0.3, -0.25) is 4.79 Å². The van der Waals surface area contributed by atoms with Crippen molar-refractivity contribution in [2.75, 3.05) is 0 Å². The van der Waals surface area contributed by atoms with Gasteiger partial charge >= 0.3 is 0 Å². The number of carbonyl (C=O) groups is 1. The highest BCUT2D eigenvalue weighted by atomic mass is 32.2. The molecule has 19 heavy (non-hydrogen) atoms. The van der Waals surface area contributed by atoms with E-state index in [0.29, 0.717) is 16.0 Å². The van der Waals surface area contributed by atoms with Crippen molar-refractivity contribution in [3.8, 4) is 0 Å². The lowest BCUT2D eigenvalue weighted by molar-refractivity contribution is 0.104. The summed E-state index contributed by atoms with van der Waals surface area (Å²) >= 11 is 1.28. The number of allylic oxidation sites excluding steroid dienone is 1. The normalized spacial score (nSPS) is 15.9. The molecule has 1 heterocycles. The second kappa shape index (κ2) is 4.63. The first kappa shape index (κ1) is 12.1. The molecule has 0 N–H and O–H groups in total. The van der Waals surface area contributed by atoms with Gasteiger partial charge in [0, 0.05) is 10.5 Å². The lowest BCUT2D eigenvalue weighted by Gasteiger charge is -1.96. The van der Waals surface area contributed by atoms with E-state index in [0.717, 1.165) is 4.90 Å². The maximum atomic E-state index is 13.1. The lowest BCUT2D eigenvalue weighted by Crippen LogP contribution is -1.94. The Labute approximate surface area is 113 Å². The van der Waals surface area contributed by atoms with E-state index in [1.807, 2.05) is 0 Å². The second-order valence-corrected chi connectivity index (χ2v) is 5.22. The summed E-state index contributed by atoms with van der Waals surface area (Å²) in [6.45, 7) is 0. The van der Waals surface area contributed by atoms with Crippen molar-refractivity contribution >= 4 is 23.6 Å². The third-order valence-electron chi connectivity index (χ3n) is 2.78. The first-order chi connectivity index (χ1) is 9.13. The van der Waals surface area contributed by atoms with E-state index in [1.54, 1.807) is 24.3 Å². The molecule has 1 nitrogen and oxygen atoms in total. The Bertz CT molecular complexity index is 707. The van der Waals surface area contributed by atoms with Gasteiger partial charge < -0.3 is 0 Å². The Morgan fingerprint density at radius 3 is 2.58 bits per heavy atom. The minimum Gasteiger partial charge on any atom is -0.288 e. The van der Waals surface area contributed by atoms with E-state index < -0.39 is 5.82 Å². The first-order valence-electron chi connectivity index (χ1n) is 5.63. The maximum Gasteiger partial charge on any atom is 0.200 e. The Morgan fingerprint density at radius 2 is 1.79 bits per heavy atom. The van der Waals surface area contributed by atoms with E-state index in [1.165, 1.54) is 36.0 Å². The predicted octanol–water partition coefficient (Wildman–Crippen LogP) is 4.29. The third-order valence-corrected chi connectivity index (χ3v) is 3.88. The number of hydrogen-bond donors (Lipinski definition) is 0. The number of thioether (sulfide) groups is 1. The summed E-state index contributed by atoms with van der Waals surface area (Å²) in [4.78, 5) is 13.3. The summed E-state index contributed by atoms with van der Waals surface area (Å²) in [7, 11) is 0. The Morgan fingerprint density at radius 1 is 1.00 bits per heavy atom. The molecule has 0 unspecified atom stereocenters. The first-order valence-corrected chi connectivity index (χ1v) is 6.44. The molecule has 0 saturated carbocycles. The summed E-state index contributed by atoms with van der Waals surface area (Å²) in [5.74, 6) is -1.00. The molecule has 0 bridgehead atoms. The number of carbonyl (C=O) groups excluding carboxylic acids is 1. The Hall–Kier alpha value is -1.94. The average Bonchev–Trinajstić information content (AvgIpc) is 2.67. The van der Waals surface area contributed by atoms with Crippen LogP contribution in [0.25, 0.3) is 6.08 Å². The Balaban J connectivity index is 2.00. The Kier molecular flexibility index (Phi) is 2.95. The zero-order chi connectivity index (χ0) is 13.4. The van der Waals surface area contributed by atoms with Gasteiger partial charge in [-0.1, -0.05) is 23.9 Å². The highest BCUT2D eigenvalue weighted by Crippen LogP contribution is 2.40. The molecular formula is C15H8F2OS. The van der Waals surface area contributed by atoms with Crippen molar-refractivity contribution in [2.45, 2.75) is 4.90 Å². The van der Waals surface area contributed by atoms with E-state index >= 15 is 0 Å². The van der Waals surface area contributed by atoms with Crippen LogP contribution in [0.4, 0.5) is 8.78 Å². The number of benzene rings is 2. The minimum absolute atomic E-state index is 0.219. The molecule has 2 aromatic carbocycles. The van der Waals surface area contributed by atoms with Crippen LogP contribution in [0.15, 0.2) is 52.3 Å². The molecular weight excluding hydrogens is 266 g/mol. The van der Waals surface area contributed by atoms with E-state index in [9.17, 15) is 13.6 Å². The molecule has 0 amide bonds. The molecule has 1 aliphatic heterocycles. The molecule has 0 spiro atoms. The number of halogens is 2. The van der Waals surface area contributed by atoms with Gasteiger partial charge in [-0.15, -0.1) is 0 Å². The quantitative estimate of drug-likeness (QED) is 0.721. The van der Waals surface area contributed by atoms with Crippen LogP contribution in [0.1, 0.15) is 15.9 Å². The molecule has 0 radical (unpaired) electrons. The van der Waals surface area contributed by atoms with Gasteiger partial charge in [-0.25, -0.2) is 8.78 Å². The number of fused-ring (bicyclic) bond motifs is 1. The van der Waals surface area contributed by atoms with Crippen molar-refractivity contribution < 1.29 is 13.6 Å². The SMILES string of the molecule is O=C1/C(=C/c2cccc(F)c2)Sc2ccc(F)cc21. The van der Waals surface area contributed by atoms with Crippen LogP contribution in [-0.4, -0.2) is 5.78 Å². The van der Waals surface area contributed by atoms with Crippen LogP contribution in [0.3, 0.4) is 0 Å². The van der Waals surface area contributed by atoms with Gasteiger partial charge in [0.1, 0.15) is 11.6 Å². The summed E-state index contributed by atoms with van der Waals surface area (Å²) in [6.07, 6.45) is 1.62. The van der Waals surface area contributed by atoms with Gasteiger partial charge in [-0.05, 0) is 42.0 Å². The largest absolute Gasteiger partial charge is 0.288 e. The second-order valence-electron chi connectivity index (χ2n) is 4.14. The standard InChI is InChI=1S/C15H8F2OS/c16-10-3-1-2-9(6-10)7-14-15(18)12-8-11(17)4-5-13(12)19-14/h1-8H/b14-7-. The highest BCUT2D eigenvalue weighted by molar-refractivity contribution is 8.04. The smallest absolute Gasteiger partial charge is 0.200 e. The van der Waals surface area contributed by atoms with Crippen LogP contribution in [0.2, 0.25) is 0 Å². The fourth-order valence-corrected chi connectivity index (χ4v) is 2.94. The molecule has 4 heteroatoms. The molecule has 0 atom stereocenters. The zero-order valence-corrected chi connectivity index (χ0v) is 10.5. The minimum atomic E-state index is -0.431. The van der Waals surface area contributed by atoms with E-state index in [2.05, 4.69) is 0 Å². The van der Waals surface area contributed by atoms with Crippen LogP contribution < -0.4 is 0 Å². The number of rotatable bonds is 1. The molecule has 0 fully saturated rings. The monoisotopic (exact) mass is 274 g/mol. The zero-order valence-electron chi connectivity index (χ0n) is 9.69. The number of ketones is 1. The van der Waals surface area contributed by atoms with Crippen molar-refractivity contribution in [3.05, 3.63) is 70.1 Å². The summed E-state index contributed by atoms with van der Waals surface area (Å²) < 4.78 is 26.2. The molecule has 3 rings (SSSR count). The van der Waals surface area contributed by atoms with Gasteiger partial charge in [0.25, 0.3) is 0 Å². The number of hydrogen-bond acceptors (Lipinski definition) is 2. The fraction of sp³-hybridized carbons (Fsp3) is 0. The molecule has 0 aromatic heterocycles. The molecule has 0 saturated heterocycles. The van der Waals surface area contributed by atoms with Crippen LogP contribution in [0, 0.1) is 11.6 Å². The van der Waals surface area contributed by atoms with Gasteiger partial charge in [0.15, 0.2) is 0 Å². The summed E-state index contributed by atoms with van der Waals surface area (Å²) in [6, 6.07) is 10.1. The van der Waals surface area contributed by atoms with Gasteiger partial charge in [-0.2, -0.15) is 0 Å². The predicted molar refractivity (Wildman–Crippen MR) is 71.0 cm³/mol. The fourth-order valence-electron chi connectivity index (χ4n) is 1.91. The van der Waals surface area contributed by atoms with Gasteiger partial charge in [0.2, 0.25) is 5.78 Å². The van der Waals surface area contributed by atoms with E-state index in [4.69, 9.17) is 0 Å². The molecule has 2 aromatic rings. The molecule has 1 aliphatic rings. The molecule has 0 aliphatic carbocycles. The third kappa shape index (κ3) is 2.31. The average molecular weight is 274 g/mol. The van der Waals surface area contributed by atoms with Gasteiger partial charge in [0.05, 0.1) is 4.91 Å².